The van der Waals surface area contributed by atoms with E-state index in [0.29, 0.717) is 29.7 Å². The minimum atomic E-state index is -0.526. The highest BCUT2D eigenvalue weighted by molar-refractivity contribution is 7.17. The van der Waals surface area contributed by atoms with E-state index in [0.717, 1.165) is 16.9 Å². The molecule has 0 radical (unpaired) electrons. The maximum absolute atomic E-state index is 11.6. The third-order valence-corrected chi connectivity index (χ3v) is 4.16. The highest BCUT2D eigenvalue weighted by atomic mass is 32.1. The van der Waals surface area contributed by atoms with E-state index in [4.69, 9.17) is 4.74 Å². The van der Waals surface area contributed by atoms with Gasteiger partial charge in [0, 0.05) is 6.54 Å². The van der Waals surface area contributed by atoms with Crippen molar-refractivity contribution in [2.24, 2.45) is 0 Å². The number of carbonyl (C=O) groups is 2. The number of aldehydes is 1. The lowest BCUT2D eigenvalue weighted by atomic mass is 10.2. The van der Waals surface area contributed by atoms with Crippen molar-refractivity contribution in [2.45, 2.75) is 13.0 Å². The van der Waals surface area contributed by atoms with Gasteiger partial charge in [0.25, 0.3) is 0 Å². The van der Waals surface area contributed by atoms with Gasteiger partial charge in [-0.2, -0.15) is 0 Å². The van der Waals surface area contributed by atoms with Gasteiger partial charge in [-0.15, -0.1) is 0 Å². The van der Waals surface area contributed by atoms with Crippen molar-refractivity contribution in [1.82, 2.24) is 5.32 Å². The summed E-state index contributed by atoms with van der Waals surface area (Å²) in [5.74, 6) is 0. The van der Waals surface area contributed by atoms with Gasteiger partial charge in [0.1, 0.15) is 6.61 Å². The number of hydrogen-bond donors (Lipinski definition) is 1. The molecule has 1 aromatic carbocycles. The van der Waals surface area contributed by atoms with Gasteiger partial charge in [-0.1, -0.05) is 53.8 Å². The van der Waals surface area contributed by atoms with Crippen molar-refractivity contribution in [3.05, 3.63) is 68.6 Å². The highest BCUT2D eigenvalue weighted by Gasteiger charge is 2.16. The van der Waals surface area contributed by atoms with Crippen LogP contribution in [0.15, 0.2) is 42.5 Å². The molecule has 0 unspecified atom stereocenters. The molecule has 0 saturated heterocycles. The van der Waals surface area contributed by atoms with Crippen LogP contribution in [0.2, 0.25) is 0 Å². The summed E-state index contributed by atoms with van der Waals surface area (Å²) in [6.45, 7) is 0.528. The van der Waals surface area contributed by atoms with Crippen molar-refractivity contribution in [1.29, 1.82) is 0 Å². The van der Waals surface area contributed by atoms with Gasteiger partial charge in [0.05, 0.1) is 15.4 Å². The van der Waals surface area contributed by atoms with Gasteiger partial charge in [0.2, 0.25) is 0 Å². The second-order valence-corrected chi connectivity index (χ2v) is 6.03. The van der Waals surface area contributed by atoms with Crippen LogP contribution in [-0.2, 0) is 11.3 Å². The van der Waals surface area contributed by atoms with E-state index in [9.17, 15) is 19.7 Å². The summed E-state index contributed by atoms with van der Waals surface area (Å²) in [6.07, 6.45) is 3.80. The maximum atomic E-state index is 11.6. The van der Waals surface area contributed by atoms with Crippen LogP contribution in [-0.4, -0.2) is 23.8 Å². The Morgan fingerprint density at radius 2 is 2.08 bits per heavy atom. The minimum absolute atomic E-state index is 0.0754. The Morgan fingerprint density at radius 1 is 1.32 bits per heavy atom. The predicted octanol–water partition coefficient (Wildman–Crippen LogP) is 3.80. The van der Waals surface area contributed by atoms with Gasteiger partial charge in [-0.25, -0.2) is 4.79 Å². The van der Waals surface area contributed by atoms with E-state index in [2.05, 4.69) is 5.32 Å². The van der Waals surface area contributed by atoms with Crippen LogP contribution in [0.3, 0.4) is 0 Å². The summed E-state index contributed by atoms with van der Waals surface area (Å²) in [5, 5.41) is 13.4. The Morgan fingerprint density at radius 3 is 2.76 bits per heavy atom. The van der Waals surface area contributed by atoms with Crippen LogP contribution in [0, 0.1) is 10.1 Å². The zero-order valence-corrected chi connectivity index (χ0v) is 14.0. The van der Waals surface area contributed by atoms with Gasteiger partial charge in [0.15, 0.2) is 6.29 Å². The number of nitrogens with one attached hydrogen (secondary N) is 1. The first-order valence-electron chi connectivity index (χ1n) is 7.44. The molecule has 0 aliphatic rings. The van der Waals surface area contributed by atoms with E-state index < -0.39 is 11.0 Å². The first kappa shape index (κ1) is 18.3. The zero-order valence-electron chi connectivity index (χ0n) is 13.2. The van der Waals surface area contributed by atoms with Crippen molar-refractivity contribution in [3.63, 3.8) is 0 Å². The fourth-order valence-electron chi connectivity index (χ4n) is 1.98. The van der Waals surface area contributed by atoms with E-state index >= 15 is 0 Å². The number of amides is 1. The monoisotopic (exact) mass is 360 g/mol. The number of rotatable bonds is 8. The lowest BCUT2D eigenvalue weighted by Gasteiger charge is -2.05. The molecule has 25 heavy (non-hydrogen) atoms. The van der Waals surface area contributed by atoms with Gasteiger partial charge in [-0.05, 0) is 18.1 Å². The minimum Gasteiger partial charge on any atom is -0.445 e. The van der Waals surface area contributed by atoms with Gasteiger partial charge in [-0.3, -0.25) is 14.9 Å². The first-order chi connectivity index (χ1) is 12.1. The molecular formula is C17H16N2O5S. The van der Waals surface area contributed by atoms with Crippen LogP contribution in [0.5, 0.6) is 0 Å². The molecule has 7 nitrogen and oxygen atoms in total. The summed E-state index contributed by atoms with van der Waals surface area (Å²) < 4.78 is 5.06. The maximum Gasteiger partial charge on any atom is 0.407 e. The average Bonchev–Trinajstić information content (AvgIpc) is 3.04. The average molecular weight is 360 g/mol. The molecule has 1 aromatic heterocycles. The predicted molar refractivity (Wildman–Crippen MR) is 94.6 cm³/mol. The van der Waals surface area contributed by atoms with E-state index in [1.165, 1.54) is 6.07 Å². The fourth-order valence-corrected chi connectivity index (χ4v) is 2.75. The molecule has 2 rings (SSSR count). The van der Waals surface area contributed by atoms with Crippen molar-refractivity contribution in [2.75, 3.05) is 6.54 Å². The number of benzene rings is 1. The Bertz CT molecular complexity index is 771. The molecule has 0 fully saturated rings. The molecule has 0 aliphatic carbocycles. The van der Waals surface area contributed by atoms with E-state index in [-0.39, 0.29) is 11.6 Å². The largest absolute Gasteiger partial charge is 0.445 e. The molecule has 1 heterocycles. The molecule has 130 valence electrons. The lowest BCUT2D eigenvalue weighted by Crippen LogP contribution is -2.24. The van der Waals surface area contributed by atoms with Crippen LogP contribution in [0.25, 0.3) is 6.08 Å². The normalized spacial score (nSPS) is 10.6. The highest BCUT2D eigenvalue weighted by Crippen LogP contribution is 2.30. The van der Waals surface area contributed by atoms with Crippen LogP contribution in [0.4, 0.5) is 9.80 Å². The number of thiophene rings is 1. The quantitative estimate of drug-likeness (QED) is 0.334. The molecule has 0 saturated carbocycles. The van der Waals surface area contributed by atoms with E-state index in [1.54, 1.807) is 12.2 Å². The number of nitro groups is 1. The fraction of sp³-hybridized carbons (Fsp3) is 0.176. The number of carbonyl (C=O) groups excluding carboxylic acids is 2. The second-order valence-electron chi connectivity index (χ2n) is 4.96. The van der Waals surface area contributed by atoms with Crippen molar-refractivity contribution < 1.29 is 19.2 Å². The zero-order chi connectivity index (χ0) is 18.1. The third-order valence-electron chi connectivity index (χ3n) is 3.13. The molecule has 0 bridgehead atoms. The van der Waals surface area contributed by atoms with Gasteiger partial charge < -0.3 is 10.1 Å². The second kappa shape index (κ2) is 9.33. The SMILES string of the molecule is O=Cc1cc(C=CCCNC(=O)OCc2ccccc2)c([N+](=O)[O-])s1. The molecule has 1 amide bonds. The molecule has 8 heteroatoms. The lowest BCUT2D eigenvalue weighted by molar-refractivity contribution is -0.380. The van der Waals surface area contributed by atoms with Crippen LogP contribution >= 0.6 is 11.3 Å². The van der Waals surface area contributed by atoms with Crippen LogP contribution in [0.1, 0.15) is 27.2 Å². The smallest absolute Gasteiger partial charge is 0.407 e. The summed E-state index contributed by atoms with van der Waals surface area (Å²) in [7, 11) is 0. The summed E-state index contributed by atoms with van der Waals surface area (Å²) in [4.78, 5) is 33.0. The topological polar surface area (TPSA) is 98.5 Å². The Labute approximate surface area is 148 Å². The molecule has 0 aliphatic heterocycles. The number of hydrogen-bond acceptors (Lipinski definition) is 6. The van der Waals surface area contributed by atoms with E-state index in [1.807, 2.05) is 30.3 Å². The summed E-state index contributed by atoms with van der Waals surface area (Å²) in [6, 6.07) is 10.8. The molecule has 1 N–H and O–H groups in total. The third kappa shape index (κ3) is 5.85. The van der Waals surface area contributed by atoms with Crippen LogP contribution < -0.4 is 5.32 Å². The number of nitrogens with zero attached hydrogens (tertiary/aromatic N) is 1. The summed E-state index contributed by atoms with van der Waals surface area (Å²) in [5.41, 5.74) is 1.28. The summed E-state index contributed by atoms with van der Waals surface area (Å²) >= 11 is 0.833. The molecular weight excluding hydrogens is 344 g/mol. The van der Waals surface area contributed by atoms with Gasteiger partial charge >= 0.3 is 11.1 Å². The van der Waals surface area contributed by atoms with Crippen molar-refractivity contribution in [3.8, 4) is 0 Å². The number of alkyl carbamates (subject to hydrolysis) is 1. The molecule has 0 atom stereocenters. The number of ether oxygens (including phenoxy) is 1. The molecule has 0 spiro atoms. The Hall–Kier alpha value is -3.00. The Balaban J connectivity index is 1.74. The Kier molecular flexibility index (Phi) is 6.85. The first-order valence-corrected chi connectivity index (χ1v) is 8.26. The standard InChI is InChI=1S/C17H16N2O5S/c20-11-15-10-14(16(25-15)19(22)23)8-4-5-9-18-17(21)24-12-13-6-2-1-3-7-13/h1-4,6-8,10-11H,5,9,12H2,(H,18,21). The molecule has 2 aromatic rings. The van der Waals surface area contributed by atoms with Crippen molar-refractivity contribution >= 4 is 34.8 Å².